The lowest BCUT2D eigenvalue weighted by atomic mass is 10.1. The van der Waals surface area contributed by atoms with E-state index in [4.69, 9.17) is 10.5 Å². The van der Waals surface area contributed by atoms with E-state index in [-0.39, 0.29) is 23.4 Å². The van der Waals surface area contributed by atoms with Crippen molar-refractivity contribution in [2.45, 2.75) is 6.61 Å². The van der Waals surface area contributed by atoms with Crippen molar-refractivity contribution in [3.05, 3.63) is 64.7 Å². The molecule has 2 aromatic rings. The van der Waals surface area contributed by atoms with Gasteiger partial charge in [-0.15, -0.1) is 0 Å². The van der Waals surface area contributed by atoms with Gasteiger partial charge >= 0.3 is 5.97 Å². The normalized spacial score (nSPS) is 10.5. The van der Waals surface area contributed by atoms with Crippen molar-refractivity contribution < 1.29 is 27.1 Å². The van der Waals surface area contributed by atoms with Crippen LogP contribution in [0.4, 0.5) is 23.2 Å². The van der Waals surface area contributed by atoms with E-state index < -0.39 is 29.2 Å². The fourth-order valence-corrected chi connectivity index (χ4v) is 1.60. The van der Waals surface area contributed by atoms with Gasteiger partial charge in [0.05, 0.1) is 5.56 Å². The monoisotopic (exact) mass is 299 g/mol. The topological polar surface area (TPSA) is 52.3 Å². The van der Waals surface area contributed by atoms with E-state index >= 15 is 0 Å². The average molecular weight is 299 g/mol. The standard InChI is InChI=1S/C14H9F4NO2/c15-9-2-1-7(3-10(9)16)6-21-14(20)8-4-11(17)12(18)5-13(8)19/h1-5H,6,19H2. The highest BCUT2D eigenvalue weighted by Gasteiger charge is 2.16. The van der Waals surface area contributed by atoms with Crippen LogP contribution in [0.2, 0.25) is 0 Å². The summed E-state index contributed by atoms with van der Waals surface area (Å²) in [6, 6.07) is 4.23. The second kappa shape index (κ2) is 5.82. The number of benzene rings is 2. The molecule has 21 heavy (non-hydrogen) atoms. The largest absolute Gasteiger partial charge is 0.457 e. The van der Waals surface area contributed by atoms with Crippen molar-refractivity contribution in [2.75, 3.05) is 5.73 Å². The molecule has 0 saturated carbocycles. The molecule has 0 bridgehead atoms. The van der Waals surface area contributed by atoms with Crippen molar-refractivity contribution in [3.8, 4) is 0 Å². The van der Waals surface area contributed by atoms with Crippen molar-refractivity contribution in [3.63, 3.8) is 0 Å². The van der Waals surface area contributed by atoms with Crippen LogP contribution in [0.15, 0.2) is 30.3 Å². The second-order valence-corrected chi connectivity index (χ2v) is 4.18. The van der Waals surface area contributed by atoms with E-state index in [1.54, 1.807) is 0 Å². The molecule has 0 heterocycles. The molecule has 2 rings (SSSR count). The maximum atomic E-state index is 13.1. The first-order valence-corrected chi connectivity index (χ1v) is 5.74. The molecule has 110 valence electrons. The minimum atomic E-state index is -1.25. The lowest BCUT2D eigenvalue weighted by Crippen LogP contribution is -2.10. The zero-order valence-corrected chi connectivity index (χ0v) is 10.5. The SMILES string of the molecule is Nc1cc(F)c(F)cc1C(=O)OCc1ccc(F)c(F)c1. The molecule has 0 radical (unpaired) electrons. The molecule has 0 saturated heterocycles. The Bertz CT molecular complexity index is 704. The van der Waals surface area contributed by atoms with Crippen molar-refractivity contribution in [2.24, 2.45) is 0 Å². The zero-order valence-electron chi connectivity index (χ0n) is 10.5. The van der Waals surface area contributed by atoms with Crippen LogP contribution in [-0.4, -0.2) is 5.97 Å². The van der Waals surface area contributed by atoms with Gasteiger partial charge in [0, 0.05) is 11.8 Å². The molecule has 0 aliphatic rings. The van der Waals surface area contributed by atoms with Gasteiger partial charge in [-0.1, -0.05) is 6.07 Å². The van der Waals surface area contributed by atoms with Crippen LogP contribution in [0, 0.1) is 23.3 Å². The third-order valence-electron chi connectivity index (χ3n) is 2.67. The number of rotatable bonds is 3. The number of anilines is 1. The Balaban J connectivity index is 2.11. The minimum Gasteiger partial charge on any atom is -0.457 e. The van der Waals surface area contributed by atoms with Gasteiger partial charge in [0.2, 0.25) is 0 Å². The summed E-state index contributed by atoms with van der Waals surface area (Å²) in [4.78, 5) is 11.7. The van der Waals surface area contributed by atoms with E-state index in [0.29, 0.717) is 12.1 Å². The van der Waals surface area contributed by atoms with Gasteiger partial charge < -0.3 is 10.5 Å². The number of hydrogen-bond acceptors (Lipinski definition) is 3. The number of carbonyl (C=O) groups excluding carboxylic acids is 1. The van der Waals surface area contributed by atoms with Gasteiger partial charge in [0.1, 0.15) is 6.61 Å². The van der Waals surface area contributed by atoms with Gasteiger partial charge in [0.15, 0.2) is 23.3 Å². The summed E-state index contributed by atoms with van der Waals surface area (Å²) >= 11 is 0. The summed E-state index contributed by atoms with van der Waals surface area (Å²) in [5.74, 6) is -5.56. The first-order chi connectivity index (χ1) is 9.88. The van der Waals surface area contributed by atoms with Crippen LogP contribution in [0.3, 0.4) is 0 Å². The average Bonchev–Trinajstić information content (AvgIpc) is 2.44. The number of halogens is 4. The van der Waals surface area contributed by atoms with Crippen LogP contribution in [0.25, 0.3) is 0 Å². The predicted molar refractivity (Wildman–Crippen MR) is 66.2 cm³/mol. The summed E-state index contributed by atoms with van der Waals surface area (Å²) in [6.07, 6.45) is 0. The highest BCUT2D eigenvalue weighted by molar-refractivity contribution is 5.95. The van der Waals surface area contributed by atoms with E-state index in [1.807, 2.05) is 0 Å². The molecule has 7 heteroatoms. The fraction of sp³-hybridized carbons (Fsp3) is 0.0714. The number of nitrogens with two attached hydrogens (primary N) is 1. The van der Waals surface area contributed by atoms with Crippen LogP contribution < -0.4 is 5.73 Å². The number of carbonyl (C=O) groups is 1. The molecule has 0 spiro atoms. The number of nitrogen functional groups attached to an aromatic ring is 1. The van der Waals surface area contributed by atoms with Crippen LogP contribution in [-0.2, 0) is 11.3 Å². The molecule has 0 fully saturated rings. The molecule has 0 aliphatic carbocycles. The molecular weight excluding hydrogens is 290 g/mol. The number of ether oxygens (including phenoxy) is 1. The van der Waals surface area contributed by atoms with Crippen molar-refractivity contribution in [1.82, 2.24) is 0 Å². The second-order valence-electron chi connectivity index (χ2n) is 4.18. The molecular formula is C14H9F4NO2. The molecule has 0 unspecified atom stereocenters. The molecule has 2 N–H and O–H groups in total. The van der Waals surface area contributed by atoms with E-state index in [2.05, 4.69) is 0 Å². The smallest absolute Gasteiger partial charge is 0.340 e. The van der Waals surface area contributed by atoms with Gasteiger partial charge in [-0.2, -0.15) is 0 Å². The Morgan fingerprint density at radius 1 is 0.952 bits per heavy atom. The summed E-state index contributed by atoms with van der Waals surface area (Å²) in [5, 5.41) is 0. The lowest BCUT2D eigenvalue weighted by Gasteiger charge is -2.08. The number of hydrogen-bond donors (Lipinski definition) is 1. The van der Waals surface area contributed by atoms with Gasteiger partial charge in [-0.05, 0) is 23.8 Å². The fourth-order valence-electron chi connectivity index (χ4n) is 1.60. The molecule has 0 aliphatic heterocycles. The van der Waals surface area contributed by atoms with E-state index in [0.717, 1.165) is 12.1 Å². The maximum absolute atomic E-state index is 13.1. The van der Waals surface area contributed by atoms with Crippen LogP contribution in [0.1, 0.15) is 15.9 Å². The summed E-state index contributed by atoms with van der Waals surface area (Å²) in [7, 11) is 0. The minimum absolute atomic E-state index is 0.198. The molecule has 0 aromatic heterocycles. The maximum Gasteiger partial charge on any atom is 0.340 e. The Kier molecular flexibility index (Phi) is 4.11. The highest BCUT2D eigenvalue weighted by atomic mass is 19.2. The van der Waals surface area contributed by atoms with Crippen LogP contribution in [0.5, 0.6) is 0 Å². The summed E-state index contributed by atoms with van der Waals surface area (Å²) in [6.45, 7) is -0.367. The van der Waals surface area contributed by atoms with Crippen LogP contribution >= 0.6 is 0 Å². The van der Waals surface area contributed by atoms with Gasteiger partial charge in [-0.3, -0.25) is 0 Å². The first kappa shape index (κ1) is 14.8. The van der Waals surface area contributed by atoms with Gasteiger partial charge in [-0.25, -0.2) is 22.4 Å². The summed E-state index contributed by atoms with van der Waals surface area (Å²) in [5.41, 5.74) is 4.95. The summed E-state index contributed by atoms with van der Waals surface area (Å²) < 4.78 is 56.4. The molecule has 3 nitrogen and oxygen atoms in total. The first-order valence-electron chi connectivity index (χ1n) is 5.74. The third kappa shape index (κ3) is 3.31. The van der Waals surface area contributed by atoms with Gasteiger partial charge in [0.25, 0.3) is 0 Å². The Hall–Kier alpha value is -2.57. The Labute approximate surface area is 116 Å². The highest BCUT2D eigenvalue weighted by Crippen LogP contribution is 2.19. The van der Waals surface area contributed by atoms with E-state index in [1.165, 1.54) is 6.07 Å². The van der Waals surface area contributed by atoms with E-state index in [9.17, 15) is 22.4 Å². The van der Waals surface area contributed by atoms with Crippen molar-refractivity contribution >= 4 is 11.7 Å². The Morgan fingerprint density at radius 2 is 1.57 bits per heavy atom. The zero-order chi connectivity index (χ0) is 15.6. The van der Waals surface area contributed by atoms with Crippen molar-refractivity contribution in [1.29, 1.82) is 0 Å². The number of esters is 1. The predicted octanol–water partition coefficient (Wildman–Crippen LogP) is 3.18. The quantitative estimate of drug-likeness (QED) is 0.538. The molecule has 2 aromatic carbocycles. The molecule has 0 amide bonds. The Morgan fingerprint density at radius 3 is 2.24 bits per heavy atom. The molecule has 0 atom stereocenters. The third-order valence-corrected chi connectivity index (χ3v) is 2.67. The lowest BCUT2D eigenvalue weighted by molar-refractivity contribution is 0.0473.